The Kier molecular flexibility index (Phi) is 7.32. The maximum atomic E-state index is 13.5. The number of nitrogens with zero attached hydrogens (tertiary/aromatic N) is 1. The van der Waals surface area contributed by atoms with E-state index in [1.165, 1.54) is 5.56 Å². The van der Waals surface area contributed by atoms with Crippen molar-refractivity contribution in [3.63, 3.8) is 0 Å². The summed E-state index contributed by atoms with van der Waals surface area (Å²) < 4.78 is 11.2. The van der Waals surface area contributed by atoms with Gasteiger partial charge in [-0.15, -0.1) is 0 Å². The van der Waals surface area contributed by atoms with Crippen LogP contribution in [-0.4, -0.2) is 42.3 Å². The van der Waals surface area contributed by atoms with Gasteiger partial charge >= 0.3 is 0 Å². The van der Waals surface area contributed by atoms with Gasteiger partial charge in [-0.1, -0.05) is 51.0 Å². The lowest BCUT2D eigenvalue weighted by Crippen LogP contribution is -2.56. The Bertz CT molecular complexity index is 1030. The average molecular weight is 464 g/mol. The van der Waals surface area contributed by atoms with Gasteiger partial charge in [0.1, 0.15) is 11.5 Å². The highest BCUT2D eigenvalue weighted by Crippen LogP contribution is 2.51. The van der Waals surface area contributed by atoms with Crippen LogP contribution >= 0.6 is 0 Å². The molecular formula is C29H37NO4. The molecule has 3 atom stereocenters. The molecule has 182 valence electrons. The second-order valence-corrected chi connectivity index (χ2v) is 9.94. The van der Waals surface area contributed by atoms with Gasteiger partial charge in [-0.05, 0) is 60.6 Å². The van der Waals surface area contributed by atoms with E-state index >= 15 is 0 Å². The standard InChI is InChI=1S/C29H37NO4/c1-20(2)22-11-8-21(9-12-22)10-15-27(31)30-18-17-29(32)16-6-5-7-25(29)28(30)24-19-23(33-3)13-14-26(24)34-4/h8-15,19-20,25,28,32H,5-7,16-18H2,1-4H3/b15-10+/t25-,28+,29+/m1/s1. The highest BCUT2D eigenvalue weighted by atomic mass is 16.5. The predicted molar refractivity (Wildman–Crippen MR) is 135 cm³/mol. The fourth-order valence-corrected chi connectivity index (χ4v) is 5.64. The van der Waals surface area contributed by atoms with Crippen LogP contribution in [0, 0.1) is 5.92 Å². The average Bonchev–Trinajstić information content (AvgIpc) is 2.86. The smallest absolute Gasteiger partial charge is 0.247 e. The Labute approximate surface area is 203 Å². The molecule has 2 aliphatic rings. The van der Waals surface area contributed by atoms with E-state index in [0.29, 0.717) is 30.4 Å². The van der Waals surface area contributed by atoms with E-state index < -0.39 is 5.60 Å². The minimum atomic E-state index is -0.760. The van der Waals surface area contributed by atoms with Crippen LogP contribution in [0.5, 0.6) is 11.5 Å². The van der Waals surface area contributed by atoms with Crippen molar-refractivity contribution in [2.45, 2.75) is 63.5 Å². The molecular weight excluding hydrogens is 426 g/mol. The SMILES string of the molecule is COc1ccc(OC)c([C@H]2[C@H]3CCCC[C@]3(O)CCN2C(=O)/C=C/c2ccc(C(C)C)cc2)c1. The van der Waals surface area contributed by atoms with Crippen LogP contribution in [0.25, 0.3) is 6.08 Å². The largest absolute Gasteiger partial charge is 0.497 e. The number of piperidine rings is 1. The summed E-state index contributed by atoms with van der Waals surface area (Å²) in [4.78, 5) is 15.5. The number of benzene rings is 2. The number of methoxy groups -OCH3 is 2. The highest BCUT2D eigenvalue weighted by Gasteiger charge is 2.50. The molecule has 1 aliphatic carbocycles. The molecule has 0 aromatic heterocycles. The Hall–Kier alpha value is -2.79. The fourth-order valence-electron chi connectivity index (χ4n) is 5.64. The summed E-state index contributed by atoms with van der Waals surface area (Å²) in [6, 6.07) is 13.8. The predicted octanol–water partition coefficient (Wildman–Crippen LogP) is 5.74. The fraction of sp³-hybridized carbons (Fsp3) is 0.483. The molecule has 2 aromatic carbocycles. The van der Waals surface area contributed by atoms with Crippen LogP contribution in [0.2, 0.25) is 0 Å². The second-order valence-electron chi connectivity index (χ2n) is 9.94. The molecule has 1 saturated heterocycles. The van der Waals surface area contributed by atoms with E-state index in [2.05, 4.69) is 38.1 Å². The van der Waals surface area contributed by atoms with Crippen LogP contribution in [0.1, 0.15) is 74.6 Å². The van der Waals surface area contributed by atoms with Crippen LogP contribution < -0.4 is 9.47 Å². The van der Waals surface area contributed by atoms with Gasteiger partial charge in [0.2, 0.25) is 5.91 Å². The van der Waals surface area contributed by atoms with E-state index in [0.717, 1.165) is 36.8 Å². The van der Waals surface area contributed by atoms with E-state index in [4.69, 9.17) is 9.47 Å². The third-order valence-electron chi connectivity index (χ3n) is 7.63. The van der Waals surface area contributed by atoms with Gasteiger partial charge in [0.25, 0.3) is 0 Å². The number of ether oxygens (including phenoxy) is 2. The molecule has 0 unspecified atom stereocenters. The van der Waals surface area contributed by atoms with E-state index in [1.54, 1.807) is 20.3 Å². The second kappa shape index (κ2) is 10.2. The molecule has 1 heterocycles. The van der Waals surface area contributed by atoms with Gasteiger partial charge in [0.15, 0.2) is 0 Å². The molecule has 1 saturated carbocycles. The molecule has 5 heteroatoms. The van der Waals surface area contributed by atoms with Gasteiger partial charge in [-0.25, -0.2) is 0 Å². The van der Waals surface area contributed by atoms with E-state index in [9.17, 15) is 9.90 Å². The van der Waals surface area contributed by atoms with E-state index in [-0.39, 0.29) is 17.9 Å². The lowest BCUT2D eigenvalue weighted by molar-refractivity contribution is -0.151. The zero-order valence-corrected chi connectivity index (χ0v) is 20.8. The maximum Gasteiger partial charge on any atom is 0.247 e. The molecule has 1 N–H and O–H groups in total. The molecule has 0 radical (unpaired) electrons. The summed E-state index contributed by atoms with van der Waals surface area (Å²) in [5.41, 5.74) is 2.42. The number of fused-ring (bicyclic) bond motifs is 1. The number of likely N-dealkylation sites (tertiary alicyclic amines) is 1. The first-order valence-electron chi connectivity index (χ1n) is 12.4. The summed E-state index contributed by atoms with van der Waals surface area (Å²) in [7, 11) is 3.29. The number of carbonyl (C=O) groups excluding carboxylic acids is 1. The molecule has 5 nitrogen and oxygen atoms in total. The van der Waals surface area contributed by atoms with Crippen molar-refractivity contribution >= 4 is 12.0 Å². The van der Waals surface area contributed by atoms with Crippen molar-refractivity contribution in [3.8, 4) is 11.5 Å². The van der Waals surface area contributed by atoms with Crippen molar-refractivity contribution in [1.29, 1.82) is 0 Å². The Morgan fingerprint density at radius 1 is 1.09 bits per heavy atom. The van der Waals surface area contributed by atoms with Crippen LogP contribution in [0.15, 0.2) is 48.5 Å². The van der Waals surface area contributed by atoms with Gasteiger partial charge in [-0.2, -0.15) is 0 Å². The minimum absolute atomic E-state index is 0.0429. The van der Waals surface area contributed by atoms with Crippen molar-refractivity contribution in [2.75, 3.05) is 20.8 Å². The third kappa shape index (κ3) is 4.85. The lowest BCUT2D eigenvalue weighted by atomic mass is 9.66. The summed E-state index contributed by atoms with van der Waals surface area (Å²) in [6.07, 6.45) is 7.88. The van der Waals surface area contributed by atoms with Crippen LogP contribution in [0.3, 0.4) is 0 Å². The van der Waals surface area contributed by atoms with Gasteiger partial charge in [-0.3, -0.25) is 4.79 Å². The van der Waals surface area contributed by atoms with Crippen LogP contribution in [-0.2, 0) is 4.79 Å². The molecule has 0 spiro atoms. The molecule has 1 amide bonds. The molecule has 0 bridgehead atoms. The first kappa shape index (κ1) is 24.3. The monoisotopic (exact) mass is 463 g/mol. The van der Waals surface area contributed by atoms with Crippen molar-refractivity contribution in [1.82, 2.24) is 4.90 Å². The maximum absolute atomic E-state index is 13.5. The Balaban J connectivity index is 1.68. The first-order chi connectivity index (χ1) is 16.4. The number of carbonyl (C=O) groups is 1. The number of aliphatic hydroxyl groups is 1. The minimum Gasteiger partial charge on any atom is -0.497 e. The molecule has 2 fully saturated rings. The summed E-state index contributed by atoms with van der Waals surface area (Å²) in [5, 5.41) is 11.6. The summed E-state index contributed by atoms with van der Waals surface area (Å²) in [6.45, 7) is 4.85. The zero-order valence-electron chi connectivity index (χ0n) is 20.8. The quantitative estimate of drug-likeness (QED) is 0.556. The number of rotatable bonds is 6. The number of hydrogen-bond acceptors (Lipinski definition) is 4. The Morgan fingerprint density at radius 3 is 2.53 bits per heavy atom. The van der Waals surface area contributed by atoms with Crippen LogP contribution in [0.4, 0.5) is 0 Å². The molecule has 2 aromatic rings. The molecule has 1 aliphatic heterocycles. The highest BCUT2D eigenvalue weighted by molar-refractivity contribution is 5.92. The van der Waals surface area contributed by atoms with Gasteiger partial charge in [0.05, 0.1) is 25.9 Å². The Morgan fingerprint density at radius 2 is 1.85 bits per heavy atom. The number of hydrogen-bond donors (Lipinski definition) is 1. The zero-order chi connectivity index (χ0) is 24.3. The first-order valence-corrected chi connectivity index (χ1v) is 12.4. The normalized spacial score (nSPS) is 24.8. The van der Waals surface area contributed by atoms with Crippen molar-refractivity contribution in [2.24, 2.45) is 5.92 Å². The molecule has 4 rings (SSSR count). The van der Waals surface area contributed by atoms with Crippen molar-refractivity contribution in [3.05, 3.63) is 65.2 Å². The van der Waals surface area contributed by atoms with Gasteiger partial charge < -0.3 is 19.5 Å². The summed E-state index contributed by atoms with van der Waals surface area (Å²) in [5.74, 6) is 1.82. The topological polar surface area (TPSA) is 59.0 Å². The lowest BCUT2D eigenvalue weighted by Gasteiger charge is -2.52. The summed E-state index contributed by atoms with van der Waals surface area (Å²) >= 11 is 0. The molecule has 34 heavy (non-hydrogen) atoms. The number of amides is 1. The third-order valence-corrected chi connectivity index (χ3v) is 7.63. The van der Waals surface area contributed by atoms with Gasteiger partial charge in [0, 0.05) is 24.1 Å². The van der Waals surface area contributed by atoms with E-state index in [1.807, 2.05) is 29.2 Å². The van der Waals surface area contributed by atoms with Crippen molar-refractivity contribution < 1.29 is 19.4 Å².